The van der Waals surface area contributed by atoms with E-state index in [0.29, 0.717) is 21.7 Å². The molecule has 0 saturated heterocycles. The molecule has 0 bridgehead atoms. The molecule has 0 N–H and O–H groups in total. The minimum Gasteiger partial charge on any atom is -0.497 e. The minimum atomic E-state index is -0.460. The van der Waals surface area contributed by atoms with E-state index in [1.807, 2.05) is 24.3 Å². The first kappa shape index (κ1) is 19.3. The van der Waals surface area contributed by atoms with Gasteiger partial charge in [-0.15, -0.1) is 11.3 Å². The van der Waals surface area contributed by atoms with Crippen molar-refractivity contribution in [2.75, 3.05) is 7.11 Å². The van der Waals surface area contributed by atoms with Crippen LogP contribution >= 0.6 is 11.3 Å². The van der Waals surface area contributed by atoms with Crippen molar-refractivity contribution in [1.29, 1.82) is 0 Å². The third-order valence-electron chi connectivity index (χ3n) is 5.22. The Bertz CT molecular complexity index is 1550. The van der Waals surface area contributed by atoms with Crippen molar-refractivity contribution in [2.24, 2.45) is 0 Å². The van der Waals surface area contributed by atoms with Gasteiger partial charge in [0.05, 0.1) is 24.9 Å². The number of thiophene rings is 1. The van der Waals surface area contributed by atoms with Crippen LogP contribution in [0.2, 0.25) is 0 Å². The van der Waals surface area contributed by atoms with Crippen LogP contribution in [0.3, 0.4) is 0 Å². The van der Waals surface area contributed by atoms with Crippen LogP contribution in [0.4, 0.5) is 4.39 Å². The van der Waals surface area contributed by atoms with Gasteiger partial charge in [-0.1, -0.05) is 36.4 Å². The molecule has 3 aromatic carbocycles. The smallest absolute Gasteiger partial charge is 0.336 e. The largest absolute Gasteiger partial charge is 0.497 e. The van der Waals surface area contributed by atoms with Crippen molar-refractivity contribution in [3.63, 3.8) is 0 Å². The Balaban J connectivity index is 1.87. The van der Waals surface area contributed by atoms with Crippen molar-refractivity contribution >= 4 is 31.6 Å². The predicted molar refractivity (Wildman–Crippen MR) is 121 cm³/mol. The quantitative estimate of drug-likeness (QED) is 0.418. The lowest BCUT2D eigenvalue weighted by Crippen LogP contribution is -2.38. The summed E-state index contributed by atoms with van der Waals surface area (Å²) in [7, 11) is 1.53. The van der Waals surface area contributed by atoms with E-state index in [2.05, 4.69) is 0 Å². The van der Waals surface area contributed by atoms with E-state index in [-0.39, 0.29) is 17.9 Å². The average molecular weight is 432 g/mol. The summed E-state index contributed by atoms with van der Waals surface area (Å²) in [5.74, 6) is 0.203. The van der Waals surface area contributed by atoms with E-state index < -0.39 is 5.69 Å². The first-order valence-corrected chi connectivity index (χ1v) is 10.4. The maximum absolute atomic E-state index is 13.6. The van der Waals surface area contributed by atoms with Gasteiger partial charge in [-0.25, -0.2) is 13.8 Å². The number of ether oxygens (including phenoxy) is 1. The van der Waals surface area contributed by atoms with Crippen molar-refractivity contribution in [3.05, 3.63) is 105 Å². The molecule has 0 radical (unpaired) electrons. The third kappa shape index (κ3) is 3.23. The molecule has 2 heterocycles. The lowest BCUT2D eigenvalue weighted by molar-refractivity contribution is 0.414. The fourth-order valence-electron chi connectivity index (χ4n) is 3.75. The topological polar surface area (TPSA) is 53.2 Å². The molecule has 0 fully saturated rings. The molecule has 7 heteroatoms. The Hall–Kier alpha value is -3.71. The van der Waals surface area contributed by atoms with Crippen LogP contribution in [0, 0.1) is 5.82 Å². The molecule has 0 atom stereocenters. The monoisotopic (exact) mass is 432 g/mol. The van der Waals surface area contributed by atoms with E-state index >= 15 is 0 Å². The molecule has 2 aromatic heterocycles. The van der Waals surface area contributed by atoms with Crippen LogP contribution in [0.15, 0.2) is 82.4 Å². The molecule has 0 aliphatic carbocycles. The summed E-state index contributed by atoms with van der Waals surface area (Å²) in [6, 6.07) is 20.5. The fourth-order valence-corrected chi connectivity index (χ4v) is 4.88. The molecule has 31 heavy (non-hydrogen) atoms. The molecule has 5 nitrogen and oxygen atoms in total. The van der Waals surface area contributed by atoms with Gasteiger partial charge in [0.15, 0.2) is 0 Å². The highest BCUT2D eigenvalue weighted by molar-refractivity contribution is 7.25. The van der Waals surface area contributed by atoms with Crippen LogP contribution in [0.1, 0.15) is 5.56 Å². The number of hydrogen-bond donors (Lipinski definition) is 0. The number of benzene rings is 3. The highest BCUT2D eigenvalue weighted by Crippen LogP contribution is 2.31. The molecular formula is C24H17FN2O3S. The number of methoxy groups -OCH3 is 1. The van der Waals surface area contributed by atoms with Gasteiger partial charge in [0, 0.05) is 16.2 Å². The molecule has 0 aliphatic heterocycles. The van der Waals surface area contributed by atoms with Crippen LogP contribution in [0.5, 0.6) is 5.75 Å². The molecule has 0 amide bonds. The Labute approximate surface area is 180 Å². The van der Waals surface area contributed by atoms with E-state index in [1.165, 1.54) is 35.1 Å². The number of rotatable bonds is 4. The van der Waals surface area contributed by atoms with Crippen LogP contribution in [-0.2, 0) is 6.54 Å². The number of hydrogen-bond acceptors (Lipinski definition) is 4. The molecule has 0 spiro atoms. The van der Waals surface area contributed by atoms with Crippen molar-refractivity contribution in [2.45, 2.75) is 6.54 Å². The Kier molecular flexibility index (Phi) is 4.67. The second-order valence-corrected chi connectivity index (χ2v) is 8.17. The maximum Gasteiger partial charge on any atom is 0.336 e. The number of aromatic nitrogens is 2. The van der Waals surface area contributed by atoms with Crippen molar-refractivity contribution in [3.8, 4) is 11.4 Å². The summed E-state index contributed by atoms with van der Waals surface area (Å²) in [5.41, 5.74) is 0.958. The van der Waals surface area contributed by atoms with Gasteiger partial charge in [-0.2, -0.15) is 0 Å². The number of halogens is 1. The summed E-state index contributed by atoms with van der Waals surface area (Å²) in [4.78, 5) is 27.1. The zero-order valence-electron chi connectivity index (χ0n) is 16.5. The first-order valence-electron chi connectivity index (χ1n) is 9.63. The van der Waals surface area contributed by atoms with E-state index in [9.17, 15) is 14.0 Å². The molecule has 154 valence electrons. The zero-order chi connectivity index (χ0) is 21.5. The highest BCUT2D eigenvalue weighted by atomic mass is 32.1. The van der Waals surface area contributed by atoms with Gasteiger partial charge in [-0.05, 0) is 35.9 Å². The van der Waals surface area contributed by atoms with Crippen LogP contribution < -0.4 is 16.0 Å². The Morgan fingerprint density at radius 3 is 2.52 bits per heavy atom. The SMILES string of the molecule is COc1cccc(-n2c(=O)c3sc4ccccc4c3n(Cc3ccc(F)cc3)c2=O)c1. The number of nitrogens with zero attached hydrogens (tertiary/aromatic N) is 2. The van der Waals surface area contributed by atoms with E-state index in [0.717, 1.165) is 15.6 Å². The van der Waals surface area contributed by atoms with Gasteiger partial charge in [0.1, 0.15) is 16.3 Å². The molecule has 0 aliphatic rings. The summed E-state index contributed by atoms with van der Waals surface area (Å²) >= 11 is 1.36. The Morgan fingerprint density at radius 2 is 1.74 bits per heavy atom. The second kappa shape index (κ2) is 7.52. The summed E-state index contributed by atoms with van der Waals surface area (Å²) in [6.45, 7) is 0.209. The molecule has 5 aromatic rings. The van der Waals surface area contributed by atoms with E-state index in [4.69, 9.17) is 4.74 Å². The molecule has 0 unspecified atom stereocenters. The summed E-state index contributed by atoms with van der Waals surface area (Å²) in [5, 5.41) is 0.844. The lowest BCUT2D eigenvalue weighted by atomic mass is 10.2. The predicted octanol–water partition coefficient (Wildman–Crippen LogP) is 4.56. The van der Waals surface area contributed by atoms with Crippen LogP contribution in [-0.4, -0.2) is 16.2 Å². The van der Waals surface area contributed by atoms with Gasteiger partial charge in [-0.3, -0.25) is 9.36 Å². The third-order valence-corrected chi connectivity index (χ3v) is 6.37. The summed E-state index contributed by atoms with van der Waals surface area (Å²) in [6.07, 6.45) is 0. The standard InChI is InChI=1S/C24H17FN2O3S/c1-30-18-6-4-5-17(13-18)27-23(28)22-21(19-7-2-3-8-20(19)31-22)26(24(27)29)14-15-9-11-16(25)12-10-15/h2-13H,14H2,1H3. The normalized spacial score (nSPS) is 11.3. The minimum absolute atomic E-state index is 0.209. The zero-order valence-corrected chi connectivity index (χ0v) is 17.4. The maximum atomic E-state index is 13.6. The van der Waals surface area contributed by atoms with Gasteiger partial charge < -0.3 is 4.74 Å². The molecule has 5 rings (SSSR count). The van der Waals surface area contributed by atoms with Gasteiger partial charge >= 0.3 is 5.69 Å². The van der Waals surface area contributed by atoms with Crippen LogP contribution in [0.25, 0.3) is 26.0 Å². The van der Waals surface area contributed by atoms with Gasteiger partial charge in [0.2, 0.25) is 0 Å². The average Bonchev–Trinajstić information content (AvgIpc) is 3.18. The fraction of sp³-hybridized carbons (Fsp3) is 0.0833. The van der Waals surface area contributed by atoms with Gasteiger partial charge in [0.25, 0.3) is 5.56 Å². The molecular weight excluding hydrogens is 415 g/mol. The Morgan fingerprint density at radius 1 is 0.968 bits per heavy atom. The van der Waals surface area contributed by atoms with E-state index in [1.54, 1.807) is 41.0 Å². The second-order valence-electron chi connectivity index (χ2n) is 7.11. The first-order chi connectivity index (χ1) is 15.1. The van der Waals surface area contributed by atoms with Crippen molar-refractivity contribution < 1.29 is 9.13 Å². The lowest BCUT2D eigenvalue weighted by Gasteiger charge is -2.13. The van der Waals surface area contributed by atoms with Crippen molar-refractivity contribution in [1.82, 2.24) is 9.13 Å². The summed E-state index contributed by atoms with van der Waals surface area (Å²) < 4.78 is 22.8. The highest BCUT2D eigenvalue weighted by Gasteiger charge is 2.19. The molecule has 0 saturated carbocycles. The number of fused-ring (bicyclic) bond motifs is 3.